The van der Waals surface area contributed by atoms with E-state index in [1.54, 1.807) is 0 Å². The van der Waals surface area contributed by atoms with Crippen molar-refractivity contribution in [3.8, 4) is 5.75 Å². The lowest BCUT2D eigenvalue weighted by Crippen LogP contribution is -2.18. The number of benzene rings is 1. The van der Waals surface area contributed by atoms with Gasteiger partial charge in [-0.25, -0.2) is 0 Å². The van der Waals surface area contributed by atoms with Gasteiger partial charge in [-0.15, -0.1) is 0 Å². The number of hydrogen-bond acceptors (Lipinski definition) is 2. The smallest absolute Gasteiger partial charge is 0.172 e. The quantitative estimate of drug-likeness (QED) is 0.820. The van der Waals surface area contributed by atoms with Crippen LogP contribution in [-0.2, 0) is 4.79 Å². The van der Waals surface area contributed by atoms with Crippen molar-refractivity contribution in [2.75, 3.05) is 6.61 Å². The van der Waals surface area contributed by atoms with Crippen LogP contribution in [0.25, 0.3) is 0 Å². The number of Topliss-reactive ketones (excluding diaryl/α,β-unsaturated/α-hetero) is 1. The second kappa shape index (κ2) is 5.91. The molecule has 0 aromatic heterocycles. The average Bonchev–Trinajstić information content (AvgIpc) is 2.26. The monoisotopic (exact) mass is 270 g/mol. The van der Waals surface area contributed by atoms with Gasteiger partial charge in [-0.05, 0) is 30.7 Å². The first-order chi connectivity index (χ1) is 7.13. The lowest BCUT2D eigenvalue weighted by molar-refractivity contribution is -0.124. The summed E-state index contributed by atoms with van der Waals surface area (Å²) in [6.45, 7) is 4.09. The Morgan fingerprint density at radius 3 is 2.53 bits per heavy atom. The van der Waals surface area contributed by atoms with Crippen LogP contribution in [0.5, 0.6) is 5.75 Å². The minimum atomic E-state index is 0.0837. The Bertz CT molecular complexity index is 319. The van der Waals surface area contributed by atoms with Crippen LogP contribution in [-0.4, -0.2) is 12.4 Å². The highest BCUT2D eigenvalue weighted by molar-refractivity contribution is 9.10. The van der Waals surface area contributed by atoms with Crippen LogP contribution in [0.2, 0.25) is 0 Å². The standard InChI is InChI=1S/C12H15BrO2/c1-3-9(2)12(14)8-15-11-6-4-10(13)5-7-11/h4-7,9H,3,8H2,1-2H3. The normalized spacial score (nSPS) is 12.2. The third-order valence-electron chi connectivity index (χ3n) is 2.36. The number of ketones is 1. The number of halogens is 1. The fourth-order valence-electron chi connectivity index (χ4n) is 1.06. The van der Waals surface area contributed by atoms with Gasteiger partial charge in [0, 0.05) is 10.4 Å². The van der Waals surface area contributed by atoms with E-state index in [0.29, 0.717) is 0 Å². The molecule has 0 N–H and O–H groups in total. The molecule has 1 aromatic rings. The molecule has 0 amide bonds. The maximum absolute atomic E-state index is 11.5. The summed E-state index contributed by atoms with van der Waals surface area (Å²) in [7, 11) is 0. The van der Waals surface area contributed by atoms with Crippen LogP contribution < -0.4 is 4.74 Å². The van der Waals surface area contributed by atoms with Gasteiger partial charge in [0.2, 0.25) is 0 Å². The minimum absolute atomic E-state index is 0.0837. The molecule has 0 aliphatic rings. The summed E-state index contributed by atoms with van der Waals surface area (Å²) >= 11 is 3.34. The van der Waals surface area contributed by atoms with E-state index in [1.165, 1.54) is 0 Å². The Kier molecular flexibility index (Phi) is 4.82. The van der Waals surface area contributed by atoms with Gasteiger partial charge in [0.1, 0.15) is 12.4 Å². The van der Waals surface area contributed by atoms with Crippen molar-refractivity contribution in [2.24, 2.45) is 5.92 Å². The summed E-state index contributed by atoms with van der Waals surface area (Å²) in [6, 6.07) is 7.47. The molecule has 0 spiro atoms. The Hall–Kier alpha value is -0.830. The molecule has 1 aromatic carbocycles. The van der Waals surface area contributed by atoms with Crippen LogP contribution in [0.15, 0.2) is 28.7 Å². The predicted molar refractivity (Wildman–Crippen MR) is 64.1 cm³/mol. The third kappa shape index (κ3) is 4.04. The van der Waals surface area contributed by atoms with E-state index in [2.05, 4.69) is 15.9 Å². The Balaban J connectivity index is 2.43. The lowest BCUT2D eigenvalue weighted by atomic mass is 10.1. The van der Waals surface area contributed by atoms with Crippen LogP contribution in [0.1, 0.15) is 20.3 Å². The largest absolute Gasteiger partial charge is 0.486 e. The number of carbonyl (C=O) groups excluding carboxylic acids is 1. The molecule has 2 nitrogen and oxygen atoms in total. The molecule has 0 bridgehead atoms. The fourth-order valence-corrected chi connectivity index (χ4v) is 1.32. The van der Waals surface area contributed by atoms with Crippen molar-refractivity contribution < 1.29 is 9.53 Å². The van der Waals surface area contributed by atoms with E-state index in [-0.39, 0.29) is 18.3 Å². The lowest BCUT2D eigenvalue weighted by Gasteiger charge is -2.09. The molecule has 1 rings (SSSR count). The van der Waals surface area contributed by atoms with E-state index >= 15 is 0 Å². The molecule has 0 fully saturated rings. The van der Waals surface area contributed by atoms with E-state index in [9.17, 15) is 4.79 Å². The topological polar surface area (TPSA) is 26.3 Å². The van der Waals surface area contributed by atoms with Crippen molar-refractivity contribution in [1.82, 2.24) is 0 Å². The molecule has 1 atom stereocenters. The van der Waals surface area contributed by atoms with Crippen molar-refractivity contribution in [2.45, 2.75) is 20.3 Å². The van der Waals surface area contributed by atoms with Crippen LogP contribution in [0.3, 0.4) is 0 Å². The van der Waals surface area contributed by atoms with Crippen molar-refractivity contribution in [3.05, 3.63) is 28.7 Å². The maximum atomic E-state index is 11.5. The summed E-state index contributed by atoms with van der Waals surface area (Å²) in [6.07, 6.45) is 0.864. The summed E-state index contributed by atoms with van der Waals surface area (Å²) in [5.74, 6) is 0.968. The molecule has 0 heterocycles. The molecule has 0 aliphatic heterocycles. The second-order valence-electron chi connectivity index (χ2n) is 3.52. The van der Waals surface area contributed by atoms with Crippen LogP contribution in [0.4, 0.5) is 0 Å². The zero-order valence-electron chi connectivity index (χ0n) is 9.00. The van der Waals surface area contributed by atoms with Crippen molar-refractivity contribution in [1.29, 1.82) is 0 Å². The van der Waals surface area contributed by atoms with Crippen LogP contribution >= 0.6 is 15.9 Å². The van der Waals surface area contributed by atoms with E-state index in [4.69, 9.17) is 4.74 Å². The van der Waals surface area contributed by atoms with E-state index < -0.39 is 0 Å². The molecule has 0 saturated heterocycles. The van der Waals surface area contributed by atoms with Crippen molar-refractivity contribution in [3.63, 3.8) is 0 Å². The van der Waals surface area contributed by atoms with Gasteiger partial charge in [-0.2, -0.15) is 0 Å². The number of ether oxygens (including phenoxy) is 1. The van der Waals surface area contributed by atoms with E-state index in [0.717, 1.165) is 16.6 Å². The molecule has 0 aliphatic carbocycles. The zero-order valence-corrected chi connectivity index (χ0v) is 10.6. The highest BCUT2D eigenvalue weighted by Gasteiger charge is 2.10. The molecule has 82 valence electrons. The first kappa shape index (κ1) is 12.2. The Labute approximate surface area is 98.8 Å². The summed E-state index contributed by atoms with van der Waals surface area (Å²) in [5, 5.41) is 0. The van der Waals surface area contributed by atoms with Gasteiger partial charge in [-0.3, -0.25) is 4.79 Å². The molecular formula is C12H15BrO2. The van der Waals surface area contributed by atoms with Gasteiger partial charge in [-0.1, -0.05) is 29.8 Å². The van der Waals surface area contributed by atoms with Gasteiger partial charge in [0.15, 0.2) is 5.78 Å². The van der Waals surface area contributed by atoms with Gasteiger partial charge < -0.3 is 4.74 Å². The molecule has 0 radical (unpaired) electrons. The highest BCUT2D eigenvalue weighted by Crippen LogP contribution is 2.16. The van der Waals surface area contributed by atoms with Gasteiger partial charge in [0.25, 0.3) is 0 Å². The van der Waals surface area contributed by atoms with Gasteiger partial charge in [0.05, 0.1) is 0 Å². The predicted octanol–water partition coefficient (Wildman–Crippen LogP) is 3.44. The van der Waals surface area contributed by atoms with Gasteiger partial charge >= 0.3 is 0 Å². The number of hydrogen-bond donors (Lipinski definition) is 0. The number of rotatable bonds is 5. The molecule has 15 heavy (non-hydrogen) atoms. The zero-order chi connectivity index (χ0) is 11.3. The summed E-state index contributed by atoms with van der Waals surface area (Å²) in [4.78, 5) is 11.5. The van der Waals surface area contributed by atoms with E-state index in [1.807, 2.05) is 38.1 Å². The minimum Gasteiger partial charge on any atom is -0.486 e. The second-order valence-corrected chi connectivity index (χ2v) is 4.43. The maximum Gasteiger partial charge on any atom is 0.172 e. The summed E-state index contributed by atoms with van der Waals surface area (Å²) in [5.41, 5.74) is 0. The summed E-state index contributed by atoms with van der Waals surface area (Å²) < 4.78 is 6.38. The fraction of sp³-hybridized carbons (Fsp3) is 0.417. The van der Waals surface area contributed by atoms with Crippen molar-refractivity contribution >= 4 is 21.7 Å². The Morgan fingerprint density at radius 2 is 2.00 bits per heavy atom. The number of carbonyl (C=O) groups is 1. The first-order valence-electron chi connectivity index (χ1n) is 5.04. The van der Waals surface area contributed by atoms with Crippen LogP contribution in [0, 0.1) is 5.92 Å². The molecule has 1 unspecified atom stereocenters. The highest BCUT2D eigenvalue weighted by atomic mass is 79.9. The average molecular weight is 271 g/mol. The molecular weight excluding hydrogens is 256 g/mol. The third-order valence-corrected chi connectivity index (χ3v) is 2.89. The molecule has 0 saturated carbocycles. The molecule has 3 heteroatoms. The first-order valence-corrected chi connectivity index (χ1v) is 5.84. The SMILES string of the molecule is CCC(C)C(=O)COc1ccc(Br)cc1. The Morgan fingerprint density at radius 1 is 1.40 bits per heavy atom.